The highest BCUT2D eigenvalue weighted by Crippen LogP contribution is 2.35. The molecule has 2 aliphatic rings. The Bertz CT molecular complexity index is 1290. The Morgan fingerprint density at radius 3 is 2.51 bits per heavy atom. The summed E-state index contributed by atoms with van der Waals surface area (Å²) in [5.41, 5.74) is -0.959. The van der Waals surface area contributed by atoms with Crippen LogP contribution < -0.4 is 14.8 Å². The summed E-state index contributed by atoms with van der Waals surface area (Å²) in [6.07, 6.45) is -3.80. The van der Waals surface area contributed by atoms with Gasteiger partial charge in [-0.2, -0.15) is 13.2 Å². The second-order valence-corrected chi connectivity index (χ2v) is 9.78. The minimum Gasteiger partial charge on any atom is -0.486 e. The zero-order valence-electron chi connectivity index (χ0n) is 19.7. The summed E-state index contributed by atoms with van der Waals surface area (Å²) in [4.78, 5) is 31.4. The van der Waals surface area contributed by atoms with Crippen LogP contribution in [0, 0.1) is 0 Å². The summed E-state index contributed by atoms with van der Waals surface area (Å²) in [5, 5.41) is 5.30. The summed E-state index contributed by atoms with van der Waals surface area (Å²) in [7, 11) is 0. The van der Waals surface area contributed by atoms with Gasteiger partial charge in [-0.05, 0) is 37.1 Å². The van der Waals surface area contributed by atoms with Gasteiger partial charge in [0.1, 0.15) is 18.4 Å². The van der Waals surface area contributed by atoms with Crippen LogP contribution in [0.5, 0.6) is 11.5 Å². The molecule has 11 heteroatoms. The molecule has 1 N–H and O–H groups in total. The van der Waals surface area contributed by atoms with E-state index in [1.165, 1.54) is 34.4 Å². The molecule has 1 fully saturated rings. The molecule has 2 aromatic carbocycles. The summed E-state index contributed by atoms with van der Waals surface area (Å²) in [6, 6.07) is 12.2. The van der Waals surface area contributed by atoms with Crippen molar-refractivity contribution >= 4 is 23.2 Å². The maximum atomic E-state index is 13.3. The molecule has 3 heterocycles. The first kappa shape index (κ1) is 25.1. The molecule has 0 saturated carbocycles. The first-order valence-electron chi connectivity index (χ1n) is 11.9. The molecule has 0 bridgehead atoms. The average Bonchev–Trinajstić information content (AvgIpc) is 3.41. The fourth-order valence-electron chi connectivity index (χ4n) is 4.46. The van der Waals surface area contributed by atoms with Gasteiger partial charge in [0.2, 0.25) is 0 Å². The van der Waals surface area contributed by atoms with Crippen LogP contribution in [0.15, 0.2) is 53.9 Å². The zero-order valence-corrected chi connectivity index (χ0v) is 20.5. The van der Waals surface area contributed by atoms with Crippen molar-refractivity contribution < 1.29 is 32.2 Å². The standard InChI is InChI=1S/C26H24F3N3O4S/c27-26(28,29)19-6-2-1-5-18(19)25(34)32-11-9-16(10-12-32)24-31-20(15-37-24)23(33)30-13-17-14-35-21-7-3-4-8-22(21)36-17/h1-8,15-17H,9-14H2,(H,30,33). The number of hydrogen-bond acceptors (Lipinski definition) is 6. The summed E-state index contributed by atoms with van der Waals surface area (Å²) < 4.78 is 51.5. The SMILES string of the molecule is O=C(NCC1COc2ccccc2O1)c1csc(C2CCN(C(=O)c3ccccc3C(F)(F)F)CC2)n1. The number of halogens is 3. The van der Waals surface area contributed by atoms with E-state index in [-0.39, 0.29) is 30.0 Å². The molecule has 0 spiro atoms. The number of para-hydroxylation sites is 2. The maximum Gasteiger partial charge on any atom is 0.417 e. The summed E-state index contributed by atoms with van der Waals surface area (Å²) in [5.74, 6) is 0.394. The van der Waals surface area contributed by atoms with Gasteiger partial charge >= 0.3 is 6.18 Å². The van der Waals surface area contributed by atoms with Crippen molar-refractivity contribution in [3.8, 4) is 11.5 Å². The van der Waals surface area contributed by atoms with Gasteiger partial charge < -0.3 is 19.7 Å². The van der Waals surface area contributed by atoms with E-state index in [1.54, 1.807) is 5.38 Å². The number of hydrogen-bond donors (Lipinski definition) is 1. The molecular formula is C26H24F3N3O4S. The van der Waals surface area contributed by atoms with Gasteiger partial charge in [0.15, 0.2) is 11.5 Å². The predicted octanol–water partition coefficient (Wildman–Crippen LogP) is 4.75. The highest BCUT2D eigenvalue weighted by molar-refractivity contribution is 7.09. The van der Waals surface area contributed by atoms with Gasteiger partial charge in [-0.3, -0.25) is 9.59 Å². The number of ether oxygens (including phenoxy) is 2. The van der Waals surface area contributed by atoms with Crippen LogP contribution in [0.1, 0.15) is 50.2 Å². The molecule has 0 aliphatic carbocycles. The number of carbonyl (C=O) groups excluding carboxylic acids is 2. The molecule has 1 unspecified atom stereocenters. The molecule has 194 valence electrons. The largest absolute Gasteiger partial charge is 0.486 e. The summed E-state index contributed by atoms with van der Waals surface area (Å²) >= 11 is 1.37. The third-order valence-corrected chi connectivity index (χ3v) is 7.41. The number of piperidine rings is 1. The van der Waals surface area contributed by atoms with Gasteiger partial charge in [0.25, 0.3) is 11.8 Å². The highest BCUT2D eigenvalue weighted by Gasteiger charge is 2.36. The number of amides is 2. The zero-order chi connectivity index (χ0) is 26.0. The monoisotopic (exact) mass is 531 g/mol. The molecule has 1 aromatic heterocycles. The molecule has 1 saturated heterocycles. The number of rotatable bonds is 5. The lowest BCUT2D eigenvalue weighted by Gasteiger charge is -2.31. The number of aromatic nitrogens is 1. The van der Waals surface area contributed by atoms with E-state index in [0.717, 1.165) is 11.1 Å². The second kappa shape index (κ2) is 10.4. The van der Waals surface area contributed by atoms with E-state index in [2.05, 4.69) is 10.3 Å². The van der Waals surface area contributed by atoms with E-state index in [0.29, 0.717) is 49.7 Å². The average molecular weight is 532 g/mol. The van der Waals surface area contributed by atoms with Gasteiger partial charge in [-0.1, -0.05) is 24.3 Å². The van der Waals surface area contributed by atoms with Gasteiger partial charge in [-0.15, -0.1) is 11.3 Å². The second-order valence-electron chi connectivity index (χ2n) is 8.89. The molecular weight excluding hydrogens is 507 g/mol. The van der Waals surface area contributed by atoms with Crippen LogP contribution in [-0.4, -0.2) is 54.0 Å². The van der Waals surface area contributed by atoms with Crippen LogP contribution in [-0.2, 0) is 6.18 Å². The number of carbonyl (C=O) groups is 2. The Balaban J connectivity index is 1.14. The molecule has 1 atom stereocenters. The maximum absolute atomic E-state index is 13.3. The van der Waals surface area contributed by atoms with Gasteiger partial charge in [0, 0.05) is 24.4 Å². The molecule has 2 aliphatic heterocycles. The molecule has 37 heavy (non-hydrogen) atoms. The fourth-order valence-corrected chi connectivity index (χ4v) is 5.43. The van der Waals surface area contributed by atoms with Crippen LogP contribution >= 0.6 is 11.3 Å². The topological polar surface area (TPSA) is 80.8 Å². The van der Waals surface area contributed by atoms with Crippen LogP contribution in [0.4, 0.5) is 13.2 Å². The minimum atomic E-state index is -4.59. The van der Waals surface area contributed by atoms with Crippen molar-refractivity contribution in [2.75, 3.05) is 26.2 Å². The van der Waals surface area contributed by atoms with E-state index in [4.69, 9.17) is 9.47 Å². The van der Waals surface area contributed by atoms with Crippen molar-refractivity contribution in [2.24, 2.45) is 0 Å². The Labute approximate surface area is 215 Å². The Morgan fingerprint density at radius 1 is 1.05 bits per heavy atom. The van der Waals surface area contributed by atoms with Crippen molar-refractivity contribution in [2.45, 2.75) is 31.0 Å². The fraction of sp³-hybridized carbons (Fsp3) is 0.346. The smallest absolute Gasteiger partial charge is 0.417 e. The van der Waals surface area contributed by atoms with Crippen molar-refractivity contribution in [1.29, 1.82) is 0 Å². The number of benzene rings is 2. The van der Waals surface area contributed by atoms with Crippen molar-refractivity contribution in [3.63, 3.8) is 0 Å². The Morgan fingerprint density at radius 2 is 1.76 bits per heavy atom. The van der Waals surface area contributed by atoms with Crippen molar-refractivity contribution in [3.05, 3.63) is 75.7 Å². The Kier molecular flexibility index (Phi) is 7.05. The van der Waals surface area contributed by atoms with Crippen LogP contribution in [0.3, 0.4) is 0 Å². The van der Waals surface area contributed by atoms with Crippen LogP contribution in [0.2, 0.25) is 0 Å². The number of likely N-dealkylation sites (tertiary alicyclic amines) is 1. The normalized spacial score (nSPS) is 17.9. The van der Waals surface area contributed by atoms with E-state index in [1.807, 2.05) is 24.3 Å². The molecule has 0 radical (unpaired) electrons. The summed E-state index contributed by atoms with van der Waals surface area (Å²) in [6.45, 7) is 1.22. The molecule has 7 nitrogen and oxygen atoms in total. The van der Waals surface area contributed by atoms with Gasteiger partial charge in [-0.25, -0.2) is 4.98 Å². The number of nitrogens with zero attached hydrogens (tertiary/aromatic N) is 2. The van der Waals surface area contributed by atoms with Gasteiger partial charge in [0.05, 0.1) is 22.7 Å². The molecule has 2 amide bonds. The molecule has 5 rings (SSSR count). The number of fused-ring (bicyclic) bond motifs is 1. The lowest BCUT2D eigenvalue weighted by atomic mass is 9.96. The number of thiazole rings is 1. The third-order valence-electron chi connectivity index (χ3n) is 6.41. The van der Waals surface area contributed by atoms with Crippen molar-refractivity contribution in [1.82, 2.24) is 15.2 Å². The lowest BCUT2D eigenvalue weighted by molar-refractivity contribution is -0.138. The van der Waals surface area contributed by atoms with Crippen LogP contribution in [0.25, 0.3) is 0 Å². The predicted molar refractivity (Wildman–Crippen MR) is 130 cm³/mol. The third kappa shape index (κ3) is 5.56. The quantitative estimate of drug-likeness (QED) is 0.514. The van der Waals surface area contributed by atoms with E-state index >= 15 is 0 Å². The first-order valence-corrected chi connectivity index (χ1v) is 12.7. The first-order chi connectivity index (χ1) is 17.8. The Hall–Kier alpha value is -3.60. The lowest BCUT2D eigenvalue weighted by Crippen LogP contribution is -2.40. The molecule has 3 aromatic rings. The van der Waals surface area contributed by atoms with E-state index < -0.39 is 17.6 Å². The van der Waals surface area contributed by atoms with E-state index in [9.17, 15) is 22.8 Å². The number of nitrogens with one attached hydrogen (secondary N) is 1. The minimum absolute atomic E-state index is 0.0278. The number of alkyl halides is 3. The highest BCUT2D eigenvalue weighted by atomic mass is 32.1.